The van der Waals surface area contributed by atoms with E-state index in [2.05, 4.69) is 5.32 Å². The zero-order chi connectivity index (χ0) is 22.1. The molecule has 0 atom stereocenters. The third-order valence-electron chi connectivity index (χ3n) is 5.30. The molecule has 0 aliphatic carbocycles. The highest BCUT2D eigenvalue weighted by molar-refractivity contribution is 6.46. The summed E-state index contributed by atoms with van der Waals surface area (Å²) < 4.78 is 18.9. The zero-order valence-corrected chi connectivity index (χ0v) is 17.4. The molecular weight excluding hydrogens is 395 g/mol. The van der Waals surface area contributed by atoms with Gasteiger partial charge in [-0.05, 0) is 73.0 Å². The molecule has 3 aromatic carbocycles. The fourth-order valence-electron chi connectivity index (χ4n) is 3.49. The van der Waals surface area contributed by atoms with Crippen molar-refractivity contribution >= 4 is 28.8 Å². The van der Waals surface area contributed by atoms with E-state index in [-0.39, 0.29) is 11.3 Å². The topological polar surface area (TPSA) is 58.6 Å². The first-order valence-corrected chi connectivity index (χ1v) is 9.76. The van der Waals surface area contributed by atoms with Gasteiger partial charge in [0.25, 0.3) is 11.8 Å². The van der Waals surface area contributed by atoms with Crippen molar-refractivity contribution in [1.29, 1.82) is 0 Å². The summed E-state index contributed by atoms with van der Waals surface area (Å²) >= 11 is 0. The summed E-state index contributed by atoms with van der Waals surface area (Å²) in [5.74, 6) is -0.782. The van der Waals surface area contributed by atoms with E-state index < -0.39 is 17.6 Å². The van der Waals surface area contributed by atoms with Gasteiger partial charge in [0.05, 0.1) is 18.4 Å². The quantitative estimate of drug-likeness (QED) is 0.604. The number of imide groups is 1. The highest BCUT2D eigenvalue weighted by atomic mass is 19.1. The summed E-state index contributed by atoms with van der Waals surface area (Å²) in [5.41, 5.74) is 3.85. The van der Waals surface area contributed by atoms with Crippen molar-refractivity contribution in [3.63, 3.8) is 0 Å². The van der Waals surface area contributed by atoms with E-state index in [1.165, 1.54) is 18.2 Å². The van der Waals surface area contributed by atoms with Gasteiger partial charge in [0, 0.05) is 5.69 Å². The Morgan fingerprint density at radius 3 is 2.26 bits per heavy atom. The van der Waals surface area contributed by atoms with Gasteiger partial charge in [0.15, 0.2) is 0 Å². The van der Waals surface area contributed by atoms with Gasteiger partial charge in [-0.15, -0.1) is 0 Å². The second kappa shape index (κ2) is 8.07. The molecule has 156 valence electrons. The van der Waals surface area contributed by atoms with Crippen LogP contribution in [0.25, 0.3) is 5.57 Å². The molecule has 0 fully saturated rings. The summed E-state index contributed by atoms with van der Waals surface area (Å²) in [4.78, 5) is 27.9. The molecule has 0 spiro atoms. The number of hydrogen-bond donors (Lipinski definition) is 1. The molecule has 0 aromatic heterocycles. The van der Waals surface area contributed by atoms with Gasteiger partial charge in [0.1, 0.15) is 17.3 Å². The number of nitrogens with one attached hydrogen (secondary N) is 1. The van der Waals surface area contributed by atoms with Gasteiger partial charge in [-0.25, -0.2) is 9.29 Å². The summed E-state index contributed by atoms with van der Waals surface area (Å²) in [6.07, 6.45) is 0. The first-order chi connectivity index (χ1) is 14.9. The molecule has 6 heteroatoms. The fourth-order valence-corrected chi connectivity index (χ4v) is 3.49. The predicted octanol–water partition coefficient (Wildman–Crippen LogP) is 4.85. The minimum Gasteiger partial charge on any atom is -0.497 e. The van der Waals surface area contributed by atoms with Crippen LogP contribution in [-0.2, 0) is 9.59 Å². The largest absolute Gasteiger partial charge is 0.497 e. The number of carbonyl (C=O) groups excluding carboxylic acids is 2. The van der Waals surface area contributed by atoms with Crippen LogP contribution in [0.5, 0.6) is 5.75 Å². The van der Waals surface area contributed by atoms with Crippen molar-refractivity contribution in [3.8, 4) is 5.75 Å². The standard InChI is InChI=1S/C25H21FN2O3/c1-15-7-8-17(13-16(15)2)22-23(27-19-6-4-5-18(26)14-19)25(30)28(24(22)29)20-9-11-21(31-3)12-10-20/h4-14,27H,1-3H3. The normalized spacial score (nSPS) is 13.7. The summed E-state index contributed by atoms with van der Waals surface area (Å²) in [7, 11) is 1.54. The Labute approximate surface area is 179 Å². The van der Waals surface area contributed by atoms with Gasteiger partial charge < -0.3 is 10.1 Å². The van der Waals surface area contributed by atoms with Crippen molar-refractivity contribution in [3.05, 3.63) is 94.9 Å². The maximum absolute atomic E-state index is 13.7. The number of carbonyl (C=O) groups is 2. The molecule has 0 unspecified atom stereocenters. The van der Waals surface area contributed by atoms with E-state index in [0.717, 1.165) is 16.0 Å². The number of nitrogens with zero attached hydrogens (tertiary/aromatic N) is 1. The number of benzene rings is 3. The van der Waals surface area contributed by atoms with Crippen molar-refractivity contribution in [2.45, 2.75) is 13.8 Å². The molecule has 5 nitrogen and oxygen atoms in total. The van der Waals surface area contributed by atoms with Gasteiger partial charge >= 0.3 is 0 Å². The van der Waals surface area contributed by atoms with Crippen LogP contribution in [0, 0.1) is 19.7 Å². The van der Waals surface area contributed by atoms with Gasteiger partial charge in [-0.3, -0.25) is 9.59 Å². The molecule has 0 saturated heterocycles. The van der Waals surface area contributed by atoms with Crippen LogP contribution in [0.2, 0.25) is 0 Å². The predicted molar refractivity (Wildman–Crippen MR) is 118 cm³/mol. The average Bonchev–Trinajstić information content (AvgIpc) is 3.00. The maximum Gasteiger partial charge on any atom is 0.282 e. The third-order valence-corrected chi connectivity index (χ3v) is 5.30. The third kappa shape index (κ3) is 3.80. The molecule has 0 bridgehead atoms. The molecule has 3 aromatic rings. The number of amides is 2. The smallest absolute Gasteiger partial charge is 0.282 e. The Hall–Kier alpha value is -3.93. The molecule has 0 saturated carbocycles. The minimum absolute atomic E-state index is 0.106. The molecular formula is C25H21FN2O3. The van der Waals surface area contributed by atoms with Gasteiger partial charge in [-0.1, -0.05) is 24.3 Å². The van der Waals surface area contributed by atoms with Crippen molar-refractivity contribution < 1.29 is 18.7 Å². The van der Waals surface area contributed by atoms with Crippen LogP contribution in [0.1, 0.15) is 16.7 Å². The van der Waals surface area contributed by atoms with Gasteiger partial charge in [0.2, 0.25) is 0 Å². The van der Waals surface area contributed by atoms with Crippen molar-refractivity contribution in [1.82, 2.24) is 0 Å². The first kappa shape index (κ1) is 20.3. The van der Waals surface area contributed by atoms with E-state index >= 15 is 0 Å². The zero-order valence-electron chi connectivity index (χ0n) is 17.4. The van der Waals surface area contributed by atoms with E-state index in [9.17, 15) is 14.0 Å². The molecule has 31 heavy (non-hydrogen) atoms. The molecule has 0 radical (unpaired) electrons. The Balaban J connectivity index is 1.82. The second-order valence-corrected chi connectivity index (χ2v) is 7.33. The first-order valence-electron chi connectivity index (χ1n) is 9.76. The summed E-state index contributed by atoms with van der Waals surface area (Å²) in [5, 5.41) is 2.97. The monoisotopic (exact) mass is 416 g/mol. The van der Waals surface area contributed by atoms with Crippen LogP contribution in [0.4, 0.5) is 15.8 Å². The summed E-state index contributed by atoms with van der Waals surface area (Å²) in [6.45, 7) is 3.92. The van der Waals surface area contributed by atoms with Crippen LogP contribution in [-0.4, -0.2) is 18.9 Å². The number of anilines is 2. The van der Waals surface area contributed by atoms with E-state index in [4.69, 9.17) is 4.74 Å². The molecule has 4 rings (SSSR count). The van der Waals surface area contributed by atoms with E-state index in [1.54, 1.807) is 37.4 Å². The molecule has 1 N–H and O–H groups in total. The second-order valence-electron chi connectivity index (χ2n) is 7.33. The average molecular weight is 416 g/mol. The van der Waals surface area contributed by atoms with E-state index in [0.29, 0.717) is 22.7 Å². The lowest BCUT2D eigenvalue weighted by Gasteiger charge is -2.16. The Morgan fingerprint density at radius 1 is 0.871 bits per heavy atom. The molecule has 1 aliphatic heterocycles. The number of rotatable bonds is 5. The van der Waals surface area contributed by atoms with Crippen molar-refractivity contribution in [2.75, 3.05) is 17.3 Å². The van der Waals surface area contributed by atoms with Crippen LogP contribution < -0.4 is 15.0 Å². The Kier molecular flexibility index (Phi) is 5.29. The lowest BCUT2D eigenvalue weighted by molar-refractivity contribution is -0.120. The summed E-state index contributed by atoms with van der Waals surface area (Å²) in [6, 6.07) is 18.0. The van der Waals surface area contributed by atoms with Crippen LogP contribution in [0.3, 0.4) is 0 Å². The molecule has 2 amide bonds. The Morgan fingerprint density at radius 2 is 1.61 bits per heavy atom. The number of hydrogen-bond acceptors (Lipinski definition) is 4. The number of aryl methyl sites for hydroxylation is 2. The SMILES string of the molecule is COc1ccc(N2C(=O)C(Nc3cccc(F)c3)=C(c3ccc(C)c(C)c3)C2=O)cc1. The van der Waals surface area contributed by atoms with Crippen LogP contribution >= 0.6 is 0 Å². The Bertz CT molecular complexity index is 1220. The highest BCUT2D eigenvalue weighted by Crippen LogP contribution is 2.35. The van der Waals surface area contributed by atoms with E-state index in [1.807, 2.05) is 32.0 Å². The van der Waals surface area contributed by atoms with Crippen molar-refractivity contribution in [2.24, 2.45) is 0 Å². The molecule has 1 aliphatic rings. The maximum atomic E-state index is 13.7. The number of methoxy groups -OCH3 is 1. The lowest BCUT2D eigenvalue weighted by Crippen LogP contribution is -2.32. The van der Waals surface area contributed by atoms with Gasteiger partial charge in [-0.2, -0.15) is 0 Å². The minimum atomic E-state index is -0.507. The highest BCUT2D eigenvalue weighted by Gasteiger charge is 2.40. The lowest BCUT2D eigenvalue weighted by atomic mass is 9.99. The number of halogens is 1. The number of ether oxygens (including phenoxy) is 1. The molecule has 1 heterocycles. The fraction of sp³-hybridized carbons (Fsp3) is 0.120. The van der Waals surface area contributed by atoms with Crippen LogP contribution in [0.15, 0.2) is 72.4 Å².